The van der Waals surface area contributed by atoms with Crippen LogP contribution in [-0.4, -0.2) is 22.9 Å². The molecule has 0 spiro atoms. The Hall–Kier alpha value is -1.79. The van der Waals surface area contributed by atoms with Gasteiger partial charge in [0.25, 0.3) is 5.91 Å². The molecule has 6 heteroatoms. The van der Waals surface area contributed by atoms with E-state index in [1.165, 1.54) is 11.3 Å². The highest BCUT2D eigenvalue weighted by Gasteiger charge is 2.16. The van der Waals surface area contributed by atoms with Gasteiger partial charge in [-0.05, 0) is 19.1 Å². The third-order valence-electron chi connectivity index (χ3n) is 2.65. The van der Waals surface area contributed by atoms with Gasteiger partial charge >= 0.3 is 0 Å². The van der Waals surface area contributed by atoms with E-state index >= 15 is 0 Å². The smallest absolute Gasteiger partial charge is 0.269 e. The summed E-state index contributed by atoms with van der Waals surface area (Å²) in [4.78, 5) is 18.9. The molecule has 1 heterocycles. The maximum absolute atomic E-state index is 12.3. The second-order valence-corrected chi connectivity index (χ2v) is 5.70. The molecular weight excluding hydrogens is 278 g/mol. The summed E-state index contributed by atoms with van der Waals surface area (Å²) in [6, 6.07) is 7.29. The fourth-order valence-electron chi connectivity index (χ4n) is 1.61. The average Bonchev–Trinajstić information content (AvgIpc) is 2.84. The molecule has 0 saturated heterocycles. The van der Waals surface area contributed by atoms with Gasteiger partial charge in [0, 0.05) is 18.3 Å². The maximum atomic E-state index is 12.3. The first kappa shape index (κ1) is 13.6. The number of aromatic nitrogens is 1. The Bertz CT molecular complexity index is 636. The number of anilines is 1. The first-order valence-corrected chi connectivity index (χ1v) is 6.82. The van der Waals surface area contributed by atoms with Crippen LogP contribution in [0.5, 0.6) is 0 Å². The van der Waals surface area contributed by atoms with Crippen LogP contribution in [0.2, 0.25) is 0 Å². The summed E-state index contributed by atoms with van der Waals surface area (Å²) in [7, 11) is 1.72. The summed E-state index contributed by atoms with van der Waals surface area (Å²) in [6.45, 7) is 1.87. The molecule has 2 rings (SSSR count). The van der Waals surface area contributed by atoms with Crippen LogP contribution >= 0.6 is 23.6 Å². The average molecular weight is 291 g/mol. The number of thiazole rings is 1. The fraction of sp³-hybridized carbons (Fsp3) is 0.154. The van der Waals surface area contributed by atoms with Crippen molar-refractivity contribution in [3.05, 3.63) is 45.9 Å². The van der Waals surface area contributed by atoms with Crippen molar-refractivity contribution in [1.29, 1.82) is 0 Å². The first-order valence-electron chi connectivity index (χ1n) is 5.59. The van der Waals surface area contributed by atoms with Crippen molar-refractivity contribution in [3.63, 3.8) is 0 Å². The molecule has 2 aromatic rings. The van der Waals surface area contributed by atoms with Crippen molar-refractivity contribution in [2.24, 2.45) is 5.73 Å². The van der Waals surface area contributed by atoms with E-state index in [0.29, 0.717) is 9.87 Å². The van der Waals surface area contributed by atoms with Gasteiger partial charge in [0.2, 0.25) is 0 Å². The Morgan fingerprint density at radius 2 is 2.21 bits per heavy atom. The lowest BCUT2D eigenvalue weighted by Crippen LogP contribution is -2.25. The van der Waals surface area contributed by atoms with Gasteiger partial charge in [0.15, 0.2) is 0 Å². The van der Waals surface area contributed by atoms with Crippen molar-refractivity contribution in [1.82, 2.24) is 4.98 Å². The molecule has 98 valence electrons. The van der Waals surface area contributed by atoms with Crippen LogP contribution in [0.1, 0.15) is 20.2 Å². The molecule has 1 aromatic heterocycles. The third-order valence-corrected chi connectivity index (χ3v) is 3.79. The van der Waals surface area contributed by atoms with Gasteiger partial charge in [0.05, 0.1) is 11.2 Å². The fourth-order valence-corrected chi connectivity index (χ4v) is 2.49. The normalized spacial score (nSPS) is 10.2. The second-order valence-electron chi connectivity index (χ2n) is 4.02. The van der Waals surface area contributed by atoms with Crippen LogP contribution in [-0.2, 0) is 0 Å². The minimum atomic E-state index is -0.0920. The lowest BCUT2D eigenvalue weighted by atomic mass is 10.2. The summed E-state index contributed by atoms with van der Waals surface area (Å²) in [6.07, 6.45) is 1.59. The highest BCUT2D eigenvalue weighted by atomic mass is 32.1. The molecule has 19 heavy (non-hydrogen) atoms. The number of thiocarbonyl (C=S) groups is 1. The Morgan fingerprint density at radius 1 is 1.47 bits per heavy atom. The van der Waals surface area contributed by atoms with Crippen molar-refractivity contribution in [2.45, 2.75) is 6.92 Å². The number of carbonyl (C=O) groups is 1. The van der Waals surface area contributed by atoms with Crippen molar-refractivity contribution in [2.75, 3.05) is 11.9 Å². The van der Waals surface area contributed by atoms with E-state index in [0.717, 1.165) is 16.3 Å². The highest BCUT2D eigenvalue weighted by Crippen LogP contribution is 2.20. The topological polar surface area (TPSA) is 59.2 Å². The van der Waals surface area contributed by atoms with Gasteiger partial charge < -0.3 is 10.6 Å². The number of aryl methyl sites for hydroxylation is 1. The van der Waals surface area contributed by atoms with E-state index in [4.69, 9.17) is 18.0 Å². The van der Waals surface area contributed by atoms with Gasteiger partial charge in [-0.3, -0.25) is 4.79 Å². The van der Waals surface area contributed by atoms with E-state index in [1.54, 1.807) is 24.2 Å². The molecule has 4 nitrogen and oxygen atoms in total. The van der Waals surface area contributed by atoms with E-state index < -0.39 is 0 Å². The van der Waals surface area contributed by atoms with Crippen molar-refractivity contribution >= 4 is 40.1 Å². The summed E-state index contributed by atoms with van der Waals surface area (Å²) in [5.41, 5.74) is 7.09. The lowest BCUT2D eigenvalue weighted by molar-refractivity contribution is 0.0996. The number of nitrogens with two attached hydrogens (primary N) is 1. The van der Waals surface area contributed by atoms with Gasteiger partial charge in [-0.2, -0.15) is 0 Å². The van der Waals surface area contributed by atoms with E-state index in [1.807, 2.05) is 25.1 Å². The van der Waals surface area contributed by atoms with Crippen molar-refractivity contribution in [3.8, 4) is 0 Å². The Labute approximate surface area is 120 Å². The number of rotatable bonds is 3. The zero-order valence-electron chi connectivity index (χ0n) is 10.6. The highest BCUT2D eigenvalue weighted by molar-refractivity contribution is 7.80. The largest absolute Gasteiger partial charge is 0.389 e. The Morgan fingerprint density at radius 3 is 2.79 bits per heavy atom. The lowest BCUT2D eigenvalue weighted by Gasteiger charge is -2.17. The zero-order valence-corrected chi connectivity index (χ0v) is 12.2. The van der Waals surface area contributed by atoms with Crippen LogP contribution in [0.4, 0.5) is 5.69 Å². The second kappa shape index (κ2) is 5.46. The minimum absolute atomic E-state index is 0.0920. The first-order chi connectivity index (χ1) is 8.99. The summed E-state index contributed by atoms with van der Waals surface area (Å²) < 4.78 is 0. The molecule has 0 aliphatic heterocycles. The van der Waals surface area contributed by atoms with Gasteiger partial charge in [-0.15, -0.1) is 11.3 Å². The molecule has 0 unspecified atom stereocenters. The molecule has 0 bridgehead atoms. The van der Waals surface area contributed by atoms with Crippen LogP contribution < -0.4 is 10.6 Å². The van der Waals surface area contributed by atoms with E-state index in [9.17, 15) is 4.79 Å². The Balaban J connectivity index is 2.28. The van der Waals surface area contributed by atoms with Crippen molar-refractivity contribution < 1.29 is 4.79 Å². The van der Waals surface area contributed by atoms with Crippen LogP contribution in [0.25, 0.3) is 0 Å². The summed E-state index contributed by atoms with van der Waals surface area (Å²) in [5, 5.41) is 0.869. The number of hydrogen-bond acceptors (Lipinski definition) is 4. The quantitative estimate of drug-likeness (QED) is 0.882. The van der Waals surface area contributed by atoms with Crippen LogP contribution in [0, 0.1) is 6.92 Å². The minimum Gasteiger partial charge on any atom is -0.389 e. The predicted octanol–water partition coefficient (Wildman–Crippen LogP) is 2.36. The van der Waals surface area contributed by atoms with Crippen LogP contribution in [0.3, 0.4) is 0 Å². The number of benzene rings is 1. The molecule has 0 saturated carbocycles. The SMILES string of the molecule is Cc1ncc(C(=O)N(C)c2cccc(C(N)=S)c2)s1. The van der Waals surface area contributed by atoms with Gasteiger partial charge in [-0.1, -0.05) is 24.4 Å². The number of amides is 1. The number of nitrogens with zero attached hydrogens (tertiary/aromatic N) is 2. The molecule has 0 aliphatic rings. The number of hydrogen-bond donors (Lipinski definition) is 1. The molecule has 0 fully saturated rings. The van der Waals surface area contributed by atoms with Gasteiger partial charge in [-0.25, -0.2) is 4.98 Å². The van der Waals surface area contributed by atoms with E-state index in [2.05, 4.69) is 4.98 Å². The van der Waals surface area contributed by atoms with Gasteiger partial charge in [0.1, 0.15) is 9.87 Å². The van der Waals surface area contributed by atoms with Crippen LogP contribution in [0.15, 0.2) is 30.5 Å². The molecule has 0 aliphatic carbocycles. The molecule has 1 aromatic carbocycles. The monoisotopic (exact) mass is 291 g/mol. The standard InChI is InChI=1S/C13H13N3OS2/c1-8-15-7-11(19-8)13(17)16(2)10-5-3-4-9(6-10)12(14)18/h3-7H,1-2H3,(H2,14,18). The molecular formula is C13H13N3OS2. The summed E-state index contributed by atoms with van der Waals surface area (Å²) in [5.74, 6) is -0.0920. The predicted molar refractivity (Wildman–Crippen MR) is 81.9 cm³/mol. The zero-order chi connectivity index (χ0) is 14.0. The maximum Gasteiger partial charge on any atom is 0.269 e. The Kier molecular flexibility index (Phi) is 3.92. The third kappa shape index (κ3) is 2.97. The molecule has 1 amide bonds. The number of carbonyl (C=O) groups excluding carboxylic acids is 1. The molecule has 0 atom stereocenters. The molecule has 0 radical (unpaired) electrons. The summed E-state index contributed by atoms with van der Waals surface area (Å²) >= 11 is 6.31. The molecule has 2 N–H and O–H groups in total. The van der Waals surface area contributed by atoms with E-state index in [-0.39, 0.29) is 5.91 Å².